The normalized spacial score (nSPS) is 18.9. The Morgan fingerprint density at radius 3 is 2.42 bits per heavy atom. The average molecular weight is 351 g/mol. The molecule has 1 heterocycles. The Balaban J connectivity index is 1.90. The third kappa shape index (κ3) is 3.17. The second-order valence-corrected chi connectivity index (χ2v) is 6.84. The zero-order valence-corrected chi connectivity index (χ0v) is 15.4. The van der Waals surface area contributed by atoms with Crippen LogP contribution in [0.4, 0.5) is 5.69 Å². The van der Waals surface area contributed by atoms with Crippen LogP contribution < -0.4 is 4.90 Å². The minimum absolute atomic E-state index is 0.226. The van der Waals surface area contributed by atoms with Crippen molar-refractivity contribution in [3.63, 3.8) is 0 Å². The summed E-state index contributed by atoms with van der Waals surface area (Å²) >= 11 is 0. The van der Waals surface area contributed by atoms with Gasteiger partial charge in [0.2, 0.25) is 0 Å². The Labute approximate surface area is 154 Å². The highest BCUT2D eigenvalue weighted by molar-refractivity contribution is 6.10. The maximum atomic E-state index is 13.0. The van der Waals surface area contributed by atoms with Crippen LogP contribution in [-0.2, 0) is 16.8 Å². The van der Waals surface area contributed by atoms with E-state index in [9.17, 15) is 14.7 Å². The average Bonchev–Trinajstić information content (AvgIpc) is 2.88. The number of aliphatic hydroxyl groups is 1. The molecular weight excluding hydrogens is 326 g/mol. The maximum Gasteiger partial charge on any atom is 0.264 e. The van der Waals surface area contributed by atoms with Crippen molar-refractivity contribution in [2.24, 2.45) is 0 Å². The quantitative estimate of drug-likeness (QED) is 0.771. The van der Waals surface area contributed by atoms with Crippen molar-refractivity contribution in [1.82, 2.24) is 0 Å². The summed E-state index contributed by atoms with van der Waals surface area (Å²) in [6.45, 7) is 4.66. The number of Topliss-reactive ketones (excluding diaryl/α,β-unsaturated/α-hetero) is 1. The van der Waals surface area contributed by atoms with Crippen molar-refractivity contribution in [3.8, 4) is 0 Å². The molecule has 4 nitrogen and oxygen atoms in total. The number of unbranched alkanes of at least 4 members (excludes halogenated alkanes) is 1. The van der Waals surface area contributed by atoms with E-state index in [2.05, 4.69) is 13.8 Å². The number of hydrogen-bond donors (Lipinski definition) is 1. The van der Waals surface area contributed by atoms with Crippen LogP contribution in [0.3, 0.4) is 0 Å². The van der Waals surface area contributed by atoms with Gasteiger partial charge in [0, 0.05) is 17.7 Å². The fourth-order valence-corrected chi connectivity index (χ4v) is 3.48. The number of benzene rings is 2. The minimum atomic E-state index is -1.79. The fraction of sp³-hybridized carbons (Fsp3) is 0.364. The lowest BCUT2D eigenvalue weighted by Crippen LogP contribution is -2.42. The number of para-hydroxylation sites is 1. The molecule has 1 atom stereocenters. The van der Waals surface area contributed by atoms with E-state index in [0.29, 0.717) is 23.4 Å². The van der Waals surface area contributed by atoms with Crippen molar-refractivity contribution >= 4 is 17.4 Å². The van der Waals surface area contributed by atoms with Crippen molar-refractivity contribution < 1.29 is 14.7 Å². The monoisotopic (exact) mass is 351 g/mol. The maximum absolute atomic E-state index is 13.0. The van der Waals surface area contributed by atoms with Crippen molar-refractivity contribution in [2.75, 3.05) is 11.4 Å². The lowest BCUT2D eigenvalue weighted by atomic mass is 9.88. The summed E-state index contributed by atoms with van der Waals surface area (Å²) in [6.07, 6.45) is 2.46. The van der Waals surface area contributed by atoms with Gasteiger partial charge in [-0.1, -0.05) is 62.7 Å². The SMILES string of the molecule is CCCCN1C(=O)[C@@](O)(CC(=O)c2ccc(CC)cc2)c2ccccc21. The summed E-state index contributed by atoms with van der Waals surface area (Å²) in [5, 5.41) is 11.2. The molecule has 0 saturated carbocycles. The standard InChI is InChI=1S/C22H25NO3/c1-3-5-14-23-19-9-7-6-8-18(19)22(26,21(23)25)15-20(24)17-12-10-16(4-2)11-13-17/h6-13,26H,3-5,14-15H2,1-2H3/t22-/m1/s1. The van der Waals surface area contributed by atoms with E-state index >= 15 is 0 Å². The molecule has 1 aliphatic rings. The van der Waals surface area contributed by atoms with Gasteiger partial charge in [0.05, 0.1) is 12.1 Å². The predicted octanol–water partition coefficient (Wildman–Crippen LogP) is 3.86. The molecule has 26 heavy (non-hydrogen) atoms. The van der Waals surface area contributed by atoms with Crippen LogP contribution in [0.5, 0.6) is 0 Å². The van der Waals surface area contributed by atoms with Gasteiger partial charge in [-0.3, -0.25) is 9.59 Å². The number of fused-ring (bicyclic) bond motifs is 1. The molecule has 0 bridgehead atoms. The first-order valence-electron chi connectivity index (χ1n) is 9.27. The van der Waals surface area contributed by atoms with Crippen LogP contribution in [0, 0.1) is 0 Å². The van der Waals surface area contributed by atoms with Gasteiger partial charge < -0.3 is 10.0 Å². The number of amides is 1. The third-order valence-corrected chi connectivity index (χ3v) is 5.08. The Kier molecular flexibility index (Phi) is 5.23. The van der Waals surface area contributed by atoms with Gasteiger partial charge in [-0.2, -0.15) is 0 Å². The largest absolute Gasteiger partial charge is 0.375 e. The van der Waals surface area contributed by atoms with E-state index < -0.39 is 11.5 Å². The highest BCUT2D eigenvalue weighted by atomic mass is 16.3. The lowest BCUT2D eigenvalue weighted by molar-refractivity contribution is -0.135. The number of carbonyl (C=O) groups excluding carboxylic acids is 2. The Morgan fingerprint density at radius 2 is 1.77 bits per heavy atom. The molecule has 3 rings (SSSR count). The van der Waals surface area contributed by atoms with E-state index in [1.807, 2.05) is 24.3 Å². The Bertz CT molecular complexity index is 812. The molecule has 1 N–H and O–H groups in total. The fourth-order valence-electron chi connectivity index (χ4n) is 3.48. The molecule has 1 aliphatic heterocycles. The van der Waals surface area contributed by atoms with Gasteiger partial charge in [0.1, 0.15) is 0 Å². The Morgan fingerprint density at radius 1 is 1.08 bits per heavy atom. The molecule has 1 amide bonds. The summed E-state index contributed by atoms with van der Waals surface area (Å²) in [7, 11) is 0. The summed E-state index contributed by atoms with van der Waals surface area (Å²) in [5.41, 5.74) is 1.12. The summed E-state index contributed by atoms with van der Waals surface area (Å²) < 4.78 is 0. The van der Waals surface area contributed by atoms with E-state index in [1.54, 1.807) is 29.2 Å². The minimum Gasteiger partial charge on any atom is -0.375 e. The molecule has 0 unspecified atom stereocenters. The molecule has 0 radical (unpaired) electrons. The molecule has 0 aromatic heterocycles. The molecule has 136 valence electrons. The zero-order valence-electron chi connectivity index (χ0n) is 15.4. The first-order chi connectivity index (χ1) is 12.5. The third-order valence-electron chi connectivity index (χ3n) is 5.08. The molecule has 0 saturated heterocycles. The van der Waals surface area contributed by atoms with Crippen LogP contribution in [0.1, 0.15) is 54.6 Å². The number of hydrogen-bond acceptors (Lipinski definition) is 3. The van der Waals surface area contributed by atoms with Gasteiger partial charge in [-0.15, -0.1) is 0 Å². The van der Waals surface area contributed by atoms with Crippen LogP contribution in [0.2, 0.25) is 0 Å². The number of carbonyl (C=O) groups is 2. The predicted molar refractivity (Wildman–Crippen MR) is 102 cm³/mol. The molecule has 4 heteroatoms. The topological polar surface area (TPSA) is 57.6 Å². The molecule has 0 spiro atoms. The lowest BCUT2D eigenvalue weighted by Gasteiger charge is -2.22. The molecule has 2 aromatic rings. The van der Waals surface area contributed by atoms with Crippen molar-refractivity contribution in [2.45, 2.75) is 45.1 Å². The van der Waals surface area contributed by atoms with Crippen LogP contribution in [0.15, 0.2) is 48.5 Å². The summed E-state index contributed by atoms with van der Waals surface area (Å²) in [5.74, 6) is -0.624. The Hall–Kier alpha value is -2.46. The molecule has 2 aromatic carbocycles. The van der Waals surface area contributed by atoms with Crippen LogP contribution >= 0.6 is 0 Å². The van der Waals surface area contributed by atoms with E-state index in [-0.39, 0.29) is 12.2 Å². The smallest absolute Gasteiger partial charge is 0.264 e. The second-order valence-electron chi connectivity index (χ2n) is 6.84. The first kappa shape index (κ1) is 18.3. The number of rotatable bonds is 7. The van der Waals surface area contributed by atoms with Crippen LogP contribution in [0.25, 0.3) is 0 Å². The van der Waals surface area contributed by atoms with E-state index in [4.69, 9.17) is 0 Å². The molecule has 0 fully saturated rings. The number of aryl methyl sites for hydroxylation is 1. The van der Waals surface area contributed by atoms with Gasteiger partial charge in [-0.25, -0.2) is 0 Å². The highest BCUT2D eigenvalue weighted by Gasteiger charge is 2.50. The number of nitrogens with zero attached hydrogens (tertiary/aromatic N) is 1. The molecule has 0 aliphatic carbocycles. The summed E-state index contributed by atoms with van der Waals surface area (Å²) in [4.78, 5) is 27.3. The second kappa shape index (κ2) is 7.42. The highest BCUT2D eigenvalue weighted by Crippen LogP contribution is 2.42. The van der Waals surface area contributed by atoms with Gasteiger partial charge in [0.25, 0.3) is 5.91 Å². The van der Waals surface area contributed by atoms with Crippen molar-refractivity contribution in [3.05, 3.63) is 65.2 Å². The summed E-state index contributed by atoms with van der Waals surface area (Å²) in [6, 6.07) is 14.6. The van der Waals surface area contributed by atoms with Gasteiger partial charge in [-0.05, 0) is 24.5 Å². The van der Waals surface area contributed by atoms with Crippen molar-refractivity contribution in [1.29, 1.82) is 0 Å². The van der Waals surface area contributed by atoms with Crippen LogP contribution in [-0.4, -0.2) is 23.3 Å². The first-order valence-corrected chi connectivity index (χ1v) is 9.27. The van der Waals surface area contributed by atoms with Gasteiger partial charge >= 0.3 is 0 Å². The number of ketones is 1. The number of anilines is 1. The molecular formula is C22H25NO3. The van der Waals surface area contributed by atoms with E-state index in [0.717, 1.165) is 24.8 Å². The van der Waals surface area contributed by atoms with Gasteiger partial charge in [0.15, 0.2) is 11.4 Å². The van der Waals surface area contributed by atoms with E-state index in [1.165, 1.54) is 0 Å². The zero-order chi connectivity index (χ0) is 18.7.